The monoisotopic (exact) mass is 384 g/mol. The van der Waals surface area contributed by atoms with Crippen LogP contribution in [0.4, 0.5) is 5.69 Å². The van der Waals surface area contributed by atoms with Gasteiger partial charge in [-0.15, -0.1) is 0 Å². The standard InChI is InChI=1S/C22H32N4O2/c1-18-11-15-25(16-12-18)19(2)17-24-21(27)9-10-22(28)26(14-6-13-23)20-7-4-3-5-8-20/h3-5,7-8,18-19H,6,9-12,14-17H2,1-2H3,(H,24,27). The summed E-state index contributed by atoms with van der Waals surface area (Å²) in [5.41, 5.74) is 0.760. The van der Waals surface area contributed by atoms with E-state index in [4.69, 9.17) is 5.26 Å². The number of hydrogen-bond donors (Lipinski definition) is 1. The highest BCUT2D eigenvalue weighted by Crippen LogP contribution is 2.18. The lowest BCUT2D eigenvalue weighted by Gasteiger charge is -2.35. The van der Waals surface area contributed by atoms with Gasteiger partial charge in [0.1, 0.15) is 0 Å². The minimum Gasteiger partial charge on any atom is -0.355 e. The first-order chi connectivity index (χ1) is 13.5. The second-order valence-corrected chi connectivity index (χ2v) is 7.66. The molecule has 1 aromatic rings. The van der Waals surface area contributed by atoms with Crippen LogP contribution in [0.5, 0.6) is 0 Å². The molecule has 0 bridgehead atoms. The molecule has 6 heteroatoms. The summed E-state index contributed by atoms with van der Waals surface area (Å²) in [6.45, 7) is 7.55. The van der Waals surface area contributed by atoms with Gasteiger partial charge in [-0.25, -0.2) is 0 Å². The summed E-state index contributed by atoms with van der Waals surface area (Å²) in [5, 5.41) is 11.8. The Labute approximate surface area is 168 Å². The number of likely N-dealkylation sites (tertiary alicyclic amines) is 1. The molecular formula is C22H32N4O2. The Balaban J connectivity index is 1.77. The zero-order valence-electron chi connectivity index (χ0n) is 17.1. The molecule has 28 heavy (non-hydrogen) atoms. The first-order valence-corrected chi connectivity index (χ1v) is 10.2. The Morgan fingerprint density at radius 2 is 1.93 bits per heavy atom. The van der Waals surface area contributed by atoms with Crippen LogP contribution in [0.15, 0.2) is 30.3 Å². The molecular weight excluding hydrogens is 352 g/mol. The third kappa shape index (κ3) is 6.97. The van der Waals surface area contributed by atoms with Crippen LogP contribution in [0.3, 0.4) is 0 Å². The van der Waals surface area contributed by atoms with E-state index in [1.54, 1.807) is 4.90 Å². The first kappa shape index (κ1) is 21.9. The lowest BCUT2D eigenvalue weighted by Crippen LogP contribution is -2.45. The number of nitrogens with zero attached hydrogens (tertiary/aromatic N) is 3. The predicted octanol–water partition coefficient (Wildman–Crippen LogP) is 2.95. The minimum atomic E-state index is -0.130. The lowest BCUT2D eigenvalue weighted by atomic mass is 9.98. The van der Waals surface area contributed by atoms with E-state index in [0.717, 1.165) is 24.7 Å². The lowest BCUT2D eigenvalue weighted by molar-refractivity contribution is -0.125. The van der Waals surface area contributed by atoms with E-state index in [9.17, 15) is 9.59 Å². The van der Waals surface area contributed by atoms with Gasteiger partial charge in [-0.05, 0) is 50.9 Å². The number of piperidine rings is 1. The van der Waals surface area contributed by atoms with Crippen LogP contribution < -0.4 is 10.2 Å². The fourth-order valence-electron chi connectivity index (χ4n) is 3.47. The maximum Gasteiger partial charge on any atom is 0.227 e. The molecule has 0 spiro atoms. The number of nitriles is 1. The summed E-state index contributed by atoms with van der Waals surface area (Å²) in [6.07, 6.45) is 2.99. The fourth-order valence-corrected chi connectivity index (χ4v) is 3.47. The van der Waals surface area contributed by atoms with E-state index < -0.39 is 0 Å². The predicted molar refractivity (Wildman–Crippen MR) is 111 cm³/mol. The first-order valence-electron chi connectivity index (χ1n) is 10.2. The molecule has 2 rings (SSSR count). The van der Waals surface area contributed by atoms with Crippen molar-refractivity contribution >= 4 is 17.5 Å². The number of hydrogen-bond acceptors (Lipinski definition) is 4. The summed E-state index contributed by atoms with van der Waals surface area (Å²) in [4.78, 5) is 28.8. The van der Waals surface area contributed by atoms with Crippen molar-refractivity contribution in [3.8, 4) is 6.07 Å². The van der Waals surface area contributed by atoms with Gasteiger partial charge < -0.3 is 10.2 Å². The van der Waals surface area contributed by atoms with Gasteiger partial charge in [0.05, 0.1) is 12.5 Å². The minimum absolute atomic E-state index is 0.0983. The molecule has 1 atom stereocenters. The van der Waals surface area contributed by atoms with Crippen molar-refractivity contribution in [2.24, 2.45) is 5.92 Å². The van der Waals surface area contributed by atoms with Crippen molar-refractivity contribution in [1.29, 1.82) is 5.26 Å². The van der Waals surface area contributed by atoms with Gasteiger partial charge >= 0.3 is 0 Å². The zero-order valence-corrected chi connectivity index (χ0v) is 17.1. The van der Waals surface area contributed by atoms with Crippen LogP contribution in [-0.4, -0.2) is 48.9 Å². The third-order valence-electron chi connectivity index (χ3n) is 5.42. The fraction of sp³-hybridized carbons (Fsp3) is 0.591. The molecule has 152 valence electrons. The topological polar surface area (TPSA) is 76.4 Å². The molecule has 1 aliphatic heterocycles. The molecule has 1 heterocycles. The van der Waals surface area contributed by atoms with Crippen molar-refractivity contribution in [2.45, 2.75) is 52.0 Å². The van der Waals surface area contributed by atoms with Crippen LogP contribution in [0.25, 0.3) is 0 Å². The molecule has 1 fully saturated rings. The van der Waals surface area contributed by atoms with Crippen molar-refractivity contribution < 1.29 is 9.59 Å². The van der Waals surface area contributed by atoms with Crippen molar-refractivity contribution in [3.63, 3.8) is 0 Å². The maximum atomic E-state index is 12.6. The quantitative estimate of drug-likeness (QED) is 0.710. The molecule has 1 N–H and O–H groups in total. The van der Waals surface area contributed by atoms with Gasteiger partial charge in [0.15, 0.2) is 0 Å². The smallest absolute Gasteiger partial charge is 0.227 e. The average Bonchev–Trinajstić information content (AvgIpc) is 2.72. The second-order valence-electron chi connectivity index (χ2n) is 7.66. The SMILES string of the molecule is CC1CCN(C(C)CNC(=O)CCC(=O)N(CCC#N)c2ccccc2)CC1. The molecule has 1 saturated heterocycles. The van der Waals surface area contributed by atoms with Gasteiger partial charge in [-0.1, -0.05) is 25.1 Å². The number of para-hydroxylation sites is 1. The van der Waals surface area contributed by atoms with Crippen LogP contribution in [0.2, 0.25) is 0 Å². The van der Waals surface area contributed by atoms with Crippen LogP contribution in [-0.2, 0) is 9.59 Å². The highest BCUT2D eigenvalue weighted by Gasteiger charge is 2.21. The molecule has 0 saturated carbocycles. The molecule has 1 unspecified atom stereocenters. The molecule has 6 nitrogen and oxygen atoms in total. The molecule has 0 radical (unpaired) electrons. The van der Waals surface area contributed by atoms with Gasteiger partial charge in [0, 0.05) is 37.7 Å². The maximum absolute atomic E-state index is 12.6. The van der Waals surface area contributed by atoms with E-state index in [-0.39, 0.29) is 31.1 Å². The van der Waals surface area contributed by atoms with Crippen molar-refractivity contribution in [1.82, 2.24) is 10.2 Å². The number of anilines is 1. The van der Waals surface area contributed by atoms with E-state index in [2.05, 4.69) is 30.1 Å². The summed E-state index contributed by atoms with van der Waals surface area (Å²) in [6, 6.07) is 11.7. The molecule has 1 aliphatic rings. The normalized spacial score (nSPS) is 16.2. The highest BCUT2D eigenvalue weighted by atomic mass is 16.2. The Morgan fingerprint density at radius 1 is 1.25 bits per heavy atom. The van der Waals surface area contributed by atoms with Gasteiger partial charge in [-0.2, -0.15) is 5.26 Å². The summed E-state index contributed by atoms with van der Waals surface area (Å²) < 4.78 is 0. The number of nitrogens with one attached hydrogen (secondary N) is 1. The van der Waals surface area contributed by atoms with Crippen LogP contribution in [0, 0.1) is 17.2 Å². The second kappa shape index (κ2) is 11.5. The number of carbonyl (C=O) groups is 2. The summed E-state index contributed by atoms with van der Waals surface area (Å²) in [5.74, 6) is 0.561. The summed E-state index contributed by atoms with van der Waals surface area (Å²) in [7, 11) is 0. The average molecular weight is 385 g/mol. The molecule has 0 aromatic heterocycles. The summed E-state index contributed by atoms with van der Waals surface area (Å²) >= 11 is 0. The number of carbonyl (C=O) groups excluding carboxylic acids is 2. The van der Waals surface area contributed by atoms with E-state index in [1.807, 2.05) is 30.3 Å². The van der Waals surface area contributed by atoms with Gasteiger partial charge in [0.2, 0.25) is 11.8 Å². The number of amides is 2. The number of benzene rings is 1. The number of rotatable bonds is 9. The Kier molecular flexibility index (Phi) is 8.96. The molecule has 1 aromatic carbocycles. The van der Waals surface area contributed by atoms with E-state index in [0.29, 0.717) is 19.1 Å². The molecule has 0 aliphatic carbocycles. The largest absolute Gasteiger partial charge is 0.355 e. The van der Waals surface area contributed by atoms with Gasteiger partial charge in [-0.3, -0.25) is 14.5 Å². The highest BCUT2D eigenvalue weighted by molar-refractivity contribution is 5.95. The van der Waals surface area contributed by atoms with E-state index >= 15 is 0 Å². The molecule has 2 amide bonds. The third-order valence-corrected chi connectivity index (χ3v) is 5.42. The van der Waals surface area contributed by atoms with E-state index in [1.165, 1.54) is 12.8 Å². The van der Waals surface area contributed by atoms with Crippen molar-refractivity contribution in [2.75, 3.05) is 31.1 Å². The van der Waals surface area contributed by atoms with Crippen LogP contribution in [0.1, 0.15) is 46.0 Å². The van der Waals surface area contributed by atoms with Crippen LogP contribution >= 0.6 is 0 Å². The van der Waals surface area contributed by atoms with Crippen molar-refractivity contribution in [3.05, 3.63) is 30.3 Å². The van der Waals surface area contributed by atoms with Gasteiger partial charge in [0.25, 0.3) is 0 Å². The zero-order chi connectivity index (χ0) is 20.4. The Bertz CT molecular complexity index is 663. The Morgan fingerprint density at radius 3 is 2.57 bits per heavy atom. The Hall–Kier alpha value is -2.39.